The fraction of sp³-hybridized carbons (Fsp3) is 0.200. The standard InChI is InChI=1S/C15H12BrClFO2.ClH.Mg/c1-8-6-13(20-2)10(7-11(8)16)15(19)9-4-3-5-12(17)14(9)18;;/h3-7,15H,1-2H3;1H;/q-1;;+2/p-1. The van der Waals surface area contributed by atoms with Gasteiger partial charge >= 0.3 is 23.1 Å². The zero-order valence-corrected chi connectivity index (χ0v) is 16.5. The van der Waals surface area contributed by atoms with Gasteiger partial charge in [-0.2, -0.15) is 0 Å². The van der Waals surface area contributed by atoms with E-state index in [1.54, 1.807) is 18.2 Å². The van der Waals surface area contributed by atoms with Gasteiger partial charge in [-0.15, -0.1) is 0 Å². The molecule has 0 N–H and O–H groups in total. The number of aryl methyl sites for hydroxylation is 1. The Kier molecular flexibility index (Phi) is 9.28. The third-order valence-electron chi connectivity index (χ3n) is 3.06. The molecule has 0 saturated heterocycles. The Morgan fingerprint density at radius 3 is 2.50 bits per heavy atom. The van der Waals surface area contributed by atoms with Crippen LogP contribution in [0.25, 0.3) is 0 Å². The summed E-state index contributed by atoms with van der Waals surface area (Å²) in [5.41, 5.74) is 1.31. The van der Waals surface area contributed by atoms with Gasteiger partial charge in [0.15, 0.2) is 0 Å². The summed E-state index contributed by atoms with van der Waals surface area (Å²) in [5, 5.41) is 12.5. The smallest absolute Gasteiger partial charge is 1.00 e. The summed E-state index contributed by atoms with van der Waals surface area (Å²) in [5.74, 6) is -0.252. The first kappa shape index (κ1) is 22.0. The molecule has 2 aromatic rings. The Bertz CT molecular complexity index is 656. The van der Waals surface area contributed by atoms with E-state index in [4.69, 9.17) is 16.3 Å². The van der Waals surface area contributed by atoms with E-state index in [1.807, 2.05) is 6.92 Å². The maximum atomic E-state index is 14.0. The number of hydrogen-bond donors (Lipinski definition) is 0. The van der Waals surface area contributed by atoms with E-state index in [1.165, 1.54) is 19.2 Å². The normalized spacial score (nSPS) is 11.2. The van der Waals surface area contributed by atoms with Crippen LogP contribution in [0, 0.1) is 12.7 Å². The van der Waals surface area contributed by atoms with Gasteiger partial charge < -0.3 is 22.3 Å². The van der Waals surface area contributed by atoms with Gasteiger partial charge in [-0.25, -0.2) is 4.39 Å². The number of methoxy groups -OCH3 is 1. The Balaban J connectivity index is 0.00000220. The van der Waals surface area contributed by atoms with Crippen molar-refractivity contribution in [3.63, 3.8) is 0 Å². The average molecular weight is 418 g/mol. The number of rotatable bonds is 3. The van der Waals surface area contributed by atoms with Crippen LogP contribution in [0.2, 0.25) is 5.02 Å². The Morgan fingerprint density at radius 2 is 1.91 bits per heavy atom. The second kappa shape index (κ2) is 9.30. The van der Waals surface area contributed by atoms with Gasteiger partial charge in [0.1, 0.15) is 11.6 Å². The summed E-state index contributed by atoms with van der Waals surface area (Å²) in [4.78, 5) is 0. The second-order valence-electron chi connectivity index (χ2n) is 4.37. The summed E-state index contributed by atoms with van der Waals surface area (Å²) in [6.07, 6.45) is -1.40. The van der Waals surface area contributed by atoms with Crippen molar-refractivity contribution in [2.75, 3.05) is 7.11 Å². The predicted molar refractivity (Wildman–Crippen MR) is 84.4 cm³/mol. The topological polar surface area (TPSA) is 32.3 Å². The Hall–Kier alpha value is -0.0438. The van der Waals surface area contributed by atoms with E-state index >= 15 is 0 Å². The molecule has 0 aliphatic rings. The summed E-state index contributed by atoms with van der Waals surface area (Å²) in [7, 11) is 1.48. The van der Waals surface area contributed by atoms with Gasteiger partial charge in [-0.1, -0.05) is 45.8 Å². The van der Waals surface area contributed by atoms with Crippen molar-refractivity contribution < 1.29 is 26.6 Å². The minimum atomic E-state index is -1.40. The van der Waals surface area contributed by atoms with Crippen molar-refractivity contribution in [3.8, 4) is 5.75 Å². The summed E-state index contributed by atoms with van der Waals surface area (Å²) in [6.45, 7) is 1.89. The summed E-state index contributed by atoms with van der Waals surface area (Å²) < 4.78 is 20.0. The van der Waals surface area contributed by atoms with Gasteiger partial charge in [0.2, 0.25) is 0 Å². The minimum absolute atomic E-state index is 0. The van der Waals surface area contributed by atoms with Crippen molar-refractivity contribution in [2.45, 2.75) is 13.0 Å². The molecular formula is C15H12BrCl2FMgO2. The number of ether oxygens (including phenoxy) is 1. The molecule has 0 aliphatic heterocycles. The second-order valence-corrected chi connectivity index (χ2v) is 5.63. The van der Waals surface area contributed by atoms with E-state index in [-0.39, 0.29) is 46.0 Å². The van der Waals surface area contributed by atoms with Crippen LogP contribution >= 0.6 is 27.5 Å². The van der Waals surface area contributed by atoms with Gasteiger partial charge in [0.05, 0.1) is 12.1 Å². The monoisotopic (exact) mass is 416 g/mol. The van der Waals surface area contributed by atoms with Crippen LogP contribution in [-0.4, -0.2) is 30.2 Å². The summed E-state index contributed by atoms with van der Waals surface area (Å²) >= 11 is 9.09. The molecule has 2 rings (SSSR count). The van der Waals surface area contributed by atoms with Crippen LogP contribution in [0.3, 0.4) is 0 Å². The van der Waals surface area contributed by atoms with E-state index in [9.17, 15) is 9.50 Å². The molecule has 0 bridgehead atoms. The number of benzene rings is 2. The fourth-order valence-electron chi connectivity index (χ4n) is 1.94. The van der Waals surface area contributed by atoms with Crippen molar-refractivity contribution in [2.24, 2.45) is 0 Å². The molecule has 0 fully saturated rings. The van der Waals surface area contributed by atoms with Gasteiger partial charge in [-0.05, 0) is 41.8 Å². The van der Waals surface area contributed by atoms with Gasteiger partial charge in [0, 0.05) is 4.47 Å². The molecule has 1 atom stereocenters. The molecule has 0 aliphatic carbocycles. The van der Waals surface area contributed by atoms with Crippen LogP contribution < -0.4 is 22.3 Å². The van der Waals surface area contributed by atoms with Crippen LogP contribution in [0.1, 0.15) is 22.8 Å². The predicted octanol–water partition coefficient (Wildman–Crippen LogP) is 0.632. The maximum Gasteiger partial charge on any atom is 2.00 e. The minimum Gasteiger partial charge on any atom is -1.00 e. The molecule has 0 heterocycles. The molecule has 0 radical (unpaired) electrons. The molecule has 114 valence electrons. The third-order valence-corrected chi connectivity index (χ3v) is 4.20. The first-order valence-electron chi connectivity index (χ1n) is 5.89. The molecule has 2 aromatic carbocycles. The van der Waals surface area contributed by atoms with Crippen molar-refractivity contribution in [1.29, 1.82) is 0 Å². The summed E-state index contributed by atoms with van der Waals surface area (Å²) in [6, 6.07) is 7.81. The fourth-order valence-corrected chi connectivity index (χ4v) is 2.49. The first-order chi connectivity index (χ1) is 9.45. The third kappa shape index (κ3) is 4.49. The van der Waals surface area contributed by atoms with Crippen LogP contribution in [0.15, 0.2) is 34.8 Å². The van der Waals surface area contributed by atoms with Crippen LogP contribution in [0.4, 0.5) is 4.39 Å². The average Bonchev–Trinajstić information content (AvgIpc) is 2.43. The Labute approximate surface area is 164 Å². The number of hydrogen-bond acceptors (Lipinski definition) is 2. The van der Waals surface area contributed by atoms with E-state index in [0.29, 0.717) is 11.3 Å². The first-order valence-corrected chi connectivity index (χ1v) is 7.06. The molecule has 2 nitrogen and oxygen atoms in total. The quantitative estimate of drug-likeness (QED) is 0.686. The Morgan fingerprint density at radius 1 is 1.27 bits per heavy atom. The number of halogens is 4. The van der Waals surface area contributed by atoms with Gasteiger partial charge in [-0.3, -0.25) is 0 Å². The molecular weight excluding hydrogens is 406 g/mol. The van der Waals surface area contributed by atoms with Crippen LogP contribution in [-0.2, 0) is 0 Å². The zero-order chi connectivity index (χ0) is 14.9. The van der Waals surface area contributed by atoms with Crippen molar-refractivity contribution in [1.82, 2.24) is 0 Å². The molecule has 1 unspecified atom stereocenters. The molecule has 7 heteroatoms. The van der Waals surface area contributed by atoms with Crippen molar-refractivity contribution in [3.05, 3.63) is 62.3 Å². The van der Waals surface area contributed by atoms with Gasteiger partial charge in [0.25, 0.3) is 0 Å². The maximum absolute atomic E-state index is 14.0. The molecule has 0 spiro atoms. The van der Waals surface area contributed by atoms with Crippen LogP contribution in [0.5, 0.6) is 5.75 Å². The largest absolute Gasteiger partial charge is 2.00 e. The zero-order valence-electron chi connectivity index (χ0n) is 12.0. The van der Waals surface area contributed by atoms with E-state index in [2.05, 4.69) is 15.9 Å². The molecule has 0 aromatic heterocycles. The molecule has 22 heavy (non-hydrogen) atoms. The van der Waals surface area contributed by atoms with E-state index < -0.39 is 11.9 Å². The SMILES string of the molecule is COc1cc(C)c(Br)cc1C([O-])c1cccc(Cl)c1F.[Cl-].[Mg+2]. The molecule has 0 amide bonds. The van der Waals surface area contributed by atoms with Crippen molar-refractivity contribution >= 4 is 50.6 Å². The molecule has 0 saturated carbocycles. The van der Waals surface area contributed by atoms with E-state index in [0.717, 1.165) is 10.0 Å².